The van der Waals surface area contributed by atoms with Crippen molar-refractivity contribution in [3.05, 3.63) is 5.21 Å². The number of nitrogens with one attached hydrogen (secondary N) is 2. The molecular formula is C9H20N2O2. The van der Waals surface area contributed by atoms with Crippen molar-refractivity contribution >= 4 is 0 Å². The first-order valence-electron chi connectivity index (χ1n) is 4.70. The van der Waals surface area contributed by atoms with Gasteiger partial charge in [-0.2, -0.15) is 0 Å². The zero-order valence-electron chi connectivity index (χ0n) is 8.94. The van der Waals surface area contributed by atoms with Crippen LogP contribution in [0.15, 0.2) is 0 Å². The van der Waals surface area contributed by atoms with Crippen LogP contribution in [0.2, 0.25) is 0 Å². The highest BCUT2D eigenvalue weighted by atomic mass is 16.5. The molecule has 1 atom stereocenters. The first-order chi connectivity index (χ1) is 5.83. The second kappa shape index (κ2) is 3.53. The van der Waals surface area contributed by atoms with Crippen molar-refractivity contribution in [2.45, 2.75) is 38.8 Å². The molecule has 0 amide bonds. The Balaban J connectivity index is 2.26. The van der Waals surface area contributed by atoms with E-state index in [-0.39, 0.29) is 16.1 Å². The van der Waals surface area contributed by atoms with E-state index in [0.717, 1.165) is 0 Å². The number of hydrogen-bond donors (Lipinski definition) is 2. The van der Waals surface area contributed by atoms with Crippen LogP contribution in [0.3, 0.4) is 0 Å². The van der Waals surface area contributed by atoms with Crippen molar-refractivity contribution in [3.63, 3.8) is 0 Å². The molecule has 0 aromatic carbocycles. The molecule has 1 heterocycles. The molecule has 1 unspecified atom stereocenters. The maximum Gasteiger partial charge on any atom is 0.131 e. The summed E-state index contributed by atoms with van der Waals surface area (Å²) in [6, 6.07) is 0. The van der Waals surface area contributed by atoms with E-state index in [0.29, 0.717) is 19.9 Å². The fourth-order valence-corrected chi connectivity index (χ4v) is 1.07. The zero-order valence-corrected chi connectivity index (χ0v) is 8.94. The van der Waals surface area contributed by atoms with Crippen LogP contribution in [0, 0.1) is 5.21 Å². The summed E-state index contributed by atoms with van der Waals surface area (Å²) in [5.41, 5.74) is -0.213. The van der Waals surface area contributed by atoms with Gasteiger partial charge in [0, 0.05) is 0 Å². The third-order valence-electron chi connectivity index (χ3n) is 2.35. The van der Waals surface area contributed by atoms with Gasteiger partial charge in [-0.15, -0.1) is 0 Å². The van der Waals surface area contributed by atoms with Crippen LogP contribution in [-0.2, 0) is 4.74 Å². The Morgan fingerprint density at radius 3 is 2.31 bits per heavy atom. The molecule has 0 bridgehead atoms. The number of hydroxylamine groups is 2. The van der Waals surface area contributed by atoms with Crippen LogP contribution in [0.25, 0.3) is 0 Å². The van der Waals surface area contributed by atoms with Gasteiger partial charge in [0.1, 0.15) is 6.67 Å². The molecule has 1 fully saturated rings. The third kappa shape index (κ3) is 2.91. The minimum atomic E-state index is -0.242. The van der Waals surface area contributed by atoms with E-state index in [1.54, 1.807) is 0 Å². The smallest absolute Gasteiger partial charge is 0.131 e. The van der Waals surface area contributed by atoms with E-state index in [4.69, 9.17) is 4.74 Å². The molecule has 0 aliphatic carbocycles. The lowest BCUT2D eigenvalue weighted by atomic mass is 10.0. The van der Waals surface area contributed by atoms with Gasteiger partial charge in [-0.3, -0.25) is 5.32 Å². The molecule has 0 aromatic heterocycles. The SMILES string of the molecule is CC1(NC[NH+]([O-])C(C)(C)C)COC1. The lowest BCUT2D eigenvalue weighted by Gasteiger charge is -2.43. The zero-order chi connectivity index (χ0) is 10.1. The molecular weight excluding hydrogens is 168 g/mol. The fraction of sp³-hybridized carbons (Fsp3) is 1.00. The second-order valence-corrected chi connectivity index (χ2v) is 5.08. The van der Waals surface area contributed by atoms with Crippen LogP contribution in [0.5, 0.6) is 0 Å². The van der Waals surface area contributed by atoms with Crippen molar-refractivity contribution in [1.82, 2.24) is 5.32 Å². The molecule has 1 saturated heterocycles. The molecule has 0 spiro atoms. The average Bonchev–Trinajstić information content (AvgIpc) is 1.94. The first kappa shape index (κ1) is 10.9. The number of quaternary nitrogens is 1. The quantitative estimate of drug-likeness (QED) is 0.464. The van der Waals surface area contributed by atoms with Gasteiger partial charge in [-0.1, -0.05) is 0 Å². The fourth-order valence-electron chi connectivity index (χ4n) is 1.07. The maximum absolute atomic E-state index is 11.5. The van der Waals surface area contributed by atoms with E-state index in [2.05, 4.69) is 12.2 Å². The normalized spacial score (nSPS) is 23.8. The molecule has 0 saturated carbocycles. The molecule has 78 valence electrons. The Hall–Kier alpha value is -0.160. The van der Waals surface area contributed by atoms with Crippen LogP contribution in [0.1, 0.15) is 27.7 Å². The Kier molecular flexibility index (Phi) is 2.97. The summed E-state index contributed by atoms with van der Waals surface area (Å²) in [4.78, 5) is 0. The Bertz CT molecular complexity index is 173. The Morgan fingerprint density at radius 1 is 1.46 bits per heavy atom. The van der Waals surface area contributed by atoms with Gasteiger partial charge in [0.15, 0.2) is 0 Å². The minimum absolute atomic E-state index is 0.0287. The maximum atomic E-state index is 11.5. The van der Waals surface area contributed by atoms with Gasteiger partial charge < -0.3 is 15.0 Å². The summed E-state index contributed by atoms with van der Waals surface area (Å²) in [5.74, 6) is 0. The van der Waals surface area contributed by atoms with Crippen LogP contribution in [0.4, 0.5) is 0 Å². The standard InChI is InChI=1S/C9H20N2O2/c1-8(2,3)11(12)7-10-9(4)5-13-6-9/h10-11H,5-7H2,1-4H3. The molecule has 13 heavy (non-hydrogen) atoms. The van der Waals surface area contributed by atoms with Crippen LogP contribution < -0.4 is 10.4 Å². The van der Waals surface area contributed by atoms with Gasteiger partial charge in [-0.05, 0) is 27.7 Å². The lowest BCUT2D eigenvalue weighted by molar-refractivity contribution is -0.901. The molecule has 0 radical (unpaired) electrons. The highest BCUT2D eigenvalue weighted by Gasteiger charge is 2.34. The summed E-state index contributed by atoms with van der Waals surface area (Å²) in [5, 5.41) is 15.0. The predicted molar refractivity (Wildman–Crippen MR) is 51.3 cm³/mol. The summed E-state index contributed by atoms with van der Waals surface area (Å²) in [6.45, 7) is 9.77. The number of rotatable bonds is 3. The van der Waals surface area contributed by atoms with E-state index in [9.17, 15) is 5.21 Å². The average molecular weight is 188 g/mol. The summed E-state index contributed by atoms with van der Waals surface area (Å²) < 4.78 is 5.08. The van der Waals surface area contributed by atoms with Gasteiger partial charge >= 0.3 is 0 Å². The monoisotopic (exact) mass is 188 g/mol. The molecule has 1 aliphatic rings. The van der Waals surface area contributed by atoms with Crippen LogP contribution >= 0.6 is 0 Å². The Labute approximate surface area is 79.8 Å². The second-order valence-electron chi connectivity index (χ2n) is 5.08. The van der Waals surface area contributed by atoms with Gasteiger partial charge in [0.2, 0.25) is 0 Å². The summed E-state index contributed by atoms with van der Waals surface area (Å²) >= 11 is 0. The van der Waals surface area contributed by atoms with E-state index < -0.39 is 0 Å². The first-order valence-corrected chi connectivity index (χ1v) is 4.70. The van der Waals surface area contributed by atoms with Gasteiger partial charge in [0.25, 0.3) is 0 Å². The van der Waals surface area contributed by atoms with E-state index in [1.165, 1.54) is 0 Å². The highest BCUT2D eigenvalue weighted by molar-refractivity contribution is 4.88. The van der Waals surface area contributed by atoms with E-state index >= 15 is 0 Å². The number of hydrogen-bond acceptors (Lipinski definition) is 3. The van der Waals surface area contributed by atoms with Crippen LogP contribution in [-0.4, -0.2) is 31.0 Å². The Morgan fingerprint density at radius 2 is 2.00 bits per heavy atom. The lowest BCUT2D eigenvalue weighted by Crippen LogP contribution is -3.16. The van der Waals surface area contributed by atoms with E-state index in [1.807, 2.05) is 20.8 Å². The molecule has 2 N–H and O–H groups in total. The van der Waals surface area contributed by atoms with Gasteiger partial charge in [0.05, 0.1) is 24.3 Å². The molecule has 1 rings (SSSR count). The van der Waals surface area contributed by atoms with Crippen molar-refractivity contribution in [3.8, 4) is 0 Å². The predicted octanol–water partition coefficient (Wildman–Crippen LogP) is -0.496. The molecule has 1 aliphatic heterocycles. The minimum Gasteiger partial charge on any atom is -0.633 e. The molecule has 4 nitrogen and oxygen atoms in total. The number of ether oxygens (including phenoxy) is 1. The van der Waals surface area contributed by atoms with Crippen molar-refractivity contribution in [2.24, 2.45) is 0 Å². The molecule has 4 heteroatoms. The van der Waals surface area contributed by atoms with Crippen molar-refractivity contribution in [1.29, 1.82) is 0 Å². The summed E-state index contributed by atoms with van der Waals surface area (Å²) in [6.07, 6.45) is 0. The molecule has 0 aromatic rings. The summed E-state index contributed by atoms with van der Waals surface area (Å²) in [7, 11) is 0. The van der Waals surface area contributed by atoms with Crippen molar-refractivity contribution in [2.75, 3.05) is 19.9 Å². The highest BCUT2D eigenvalue weighted by Crippen LogP contribution is 2.14. The largest absolute Gasteiger partial charge is 0.633 e. The third-order valence-corrected chi connectivity index (χ3v) is 2.35. The van der Waals surface area contributed by atoms with Gasteiger partial charge in [-0.25, -0.2) is 0 Å². The topological polar surface area (TPSA) is 48.8 Å². The van der Waals surface area contributed by atoms with Crippen molar-refractivity contribution < 1.29 is 9.80 Å².